The molecule has 0 aliphatic carbocycles. The lowest BCUT2D eigenvalue weighted by atomic mass is 10.2. The van der Waals surface area contributed by atoms with Gasteiger partial charge in [-0.05, 0) is 24.6 Å². The molecule has 2 aromatic heterocycles. The number of rotatable bonds is 6. The molecule has 0 N–H and O–H groups in total. The van der Waals surface area contributed by atoms with Gasteiger partial charge in [0.15, 0.2) is 11.6 Å². The Kier molecular flexibility index (Phi) is 5.46. The van der Waals surface area contributed by atoms with Crippen LogP contribution in [0.5, 0.6) is 17.2 Å². The molecule has 0 saturated carbocycles. The lowest BCUT2D eigenvalue weighted by molar-refractivity contribution is 0.287. The molecule has 2 aromatic carbocycles. The number of nitrogens with zero attached hydrogens (tertiary/aromatic N) is 3. The maximum Gasteiger partial charge on any atom is 0.167 e. The van der Waals surface area contributed by atoms with Gasteiger partial charge in [-0.25, -0.2) is 14.1 Å². The van der Waals surface area contributed by atoms with E-state index in [2.05, 4.69) is 10.1 Å². The number of ether oxygens (including phenoxy) is 3. The molecule has 30 heavy (non-hydrogen) atoms. The lowest BCUT2D eigenvalue weighted by Crippen LogP contribution is -2.04. The molecule has 8 heteroatoms. The van der Waals surface area contributed by atoms with Gasteiger partial charge < -0.3 is 14.2 Å². The number of aryl methyl sites for hydroxylation is 1. The summed E-state index contributed by atoms with van der Waals surface area (Å²) in [6.45, 7) is 2.05. The van der Waals surface area contributed by atoms with Crippen LogP contribution in [0.1, 0.15) is 11.3 Å². The molecule has 4 aromatic rings. The Balaban J connectivity index is 1.68. The van der Waals surface area contributed by atoms with Crippen molar-refractivity contribution in [3.05, 3.63) is 70.9 Å². The van der Waals surface area contributed by atoms with Gasteiger partial charge in [0.25, 0.3) is 0 Å². The SMILES string of the molecule is COc1ccc(COc2cc(OC)c(-n3nc(C)c4cnc(Cl)cc43)cc2F)cc1. The number of halogens is 2. The number of pyridine rings is 1. The van der Waals surface area contributed by atoms with Crippen LogP contribution in [0.4, 0.5) is 4.39 Å². The van der Waals surface area contributed by atoms with Gasteiger partial charge in [0, 0.05) is 29.8 Å². The van der Waals surface area contributed by atoms with Crippen molar-refractivity contribution in [1.29, 1.82) is 0 Å². The number of methoxy groups -OCH3 is 2. The van der Waals surface area contributed by atoms with E-state index < -0.39 is 5.82 Å². The molecule has 154 valence electrons. The first-order chi connectivity index (χ1) is 14.5. The Morgan fingerprint density at radius 1 is 1.03 bits per heavy atom. The van der Waals surface area contributed by atoms with E-state index in [0.717, 1.165) is 22.4 Å². The molecule has 4 rings (SSSR count). The highest BCUT2D eigenvalue weighted by Crippen LogP contribution is 2.34. The van der Waals surface area contributed by atoms with Gasteiger partial charge in [0.05, 0.1) is 25.4 Å². The summed E-state index contributed by atoms with van der Waals surface area (Å²) in [6, 6.07) is 11.9. The number of hydrogen-bond acceptors (Lipinski definition) is 5. The number of hydrogen-bond donors (Lipinski definition) is 0. The number of fused-ring (bicyclic) bond motifs is 1. The van der Waals surface area contributed by atoms with Crippen LogP contribution < -0.4 is 14.2 Å². The van der Waals surface area contributed by atoms with Gasteiger partial charge in [0.1, 0.15) is 28.9 Å². The zero-order valence-electron chi connectivity index (χ0n) is 16.6. The Bertz CT molecular complexity index is 1210. The second kappa shape index (κ2) is 8.20. The van der Waals surface area contributed by atoms with E-state index in [0.29, 0.717) is 22.1 Å². The molecule has 0 atom stereocenters. The molecular formula is C22H19ClFN3O3. The van der Waals surface area contributed by atoms with Crippen LogP contribution in [0, 0.1) is 12.7 Å². The topological polar surface area (TPSA) is 58.4 Å². The molecule has 0 amide bonds. The van der Waals surface area contributed by atoms with Gasteiger partial charge in [0.2, 0.25) is 0 Å². The maximum atomic E-state index is 14.9. The summed E-state index contributed by atoms with van der Waals surface area (Å²) in [7, 11) is 3.11. The number of benzene rings is 2. The van der Waals surface area contributed by atoms with E-state index in [1.807, 2.05) is 31.2 Å². The molecular weight excluding hydrogens is 409 g/mol. The Morgan fingerprint density at radius 3 is 2.50 bits per heavy atom. The van der Waals surface area contributed by atoms with Crippen molar-refractivity contribution >= 4 is 22.5 Å². The highest BCUT2D eigenvalue weighted by Gasteiger charge is 2.18. The van der Waals surface area contributed by atoms with Crippen molar-refractivity contribution < 1.29 is 18.6 Å². The highest BCUT2D eigenvalue weighted by atomic mass is 35.5. The Morgan fingerprint density at radius 2 is 1.80 bits per heavy atom. The van der Waals surface area contributed by atoms with Crippen LogP contribution in [0.3, 0.4) is 0 Å². The van der Waals surface area contributed by atoms with Crippen molar-refractivity contribution in [2.45, 2.75) is 13.5 Å². The minimum absolute atomic E-state index is 0.0827. The summed E-state index contributed by atoms with van der Waals surface area (Å²) < 4.78 is 32.8. The molecule has 0 saturated heterocycles. The molecule has 0 radical (unpaired) electrons. The third kappa shape index (κ3) is 3.76. The molecule has 0 aliphatic heterocycles. The van der Waals surface area contributed by atoms with Crippen molar-refractivity contribution in [3.8, 4) is 22.9 Å². The summed E-state index contributed by atoms with van der Waals surface area (Å²) in [5.74, 6) is 0.714. The quantitative estimate of drug-likeness (QED) is 0.400. The monoisotopic (exact) mass is 427 g/mol. The first-order valence-corrected chi connectivity index (χ1v) is 9.52. The van der Waals surface area contributed by atoms with Crippen molar-refractivity contribution in [1.82, 2.24) is 14.8 Å². The summed E-state index contributed by atoms with van der Waals surface area (Å²) in [5.41, 5.74) is 2.77. The van der Waals surface area contributed by atoms with Gasteiger partial charge in [-0.1, -0.05) is 23.7 Å². The zero-order valence-corrected chi connectivity index (χ0v) is 17.4. The standard InChI is InChI=1S/C22H19ClFN3O3/c1-13-16-11-25-22(23)9-18(16)27(26-13)19-8-17(24)20(10-21(19)29-3)30-12-14-4-6-15(28-2)7-5-14/h4-11H,12H2,1-3H3. The van der Waals surface area contributed by atoms with E-state index in [9.17, 15) is 4.39 Å². The fourth-order valence-electron chi connectivity index (χ4n) is 3.16. The zero-order chi connectivity index (χ0) is 21.3. The third-order valence-corrected chi connectivity index (χ3v) is 4.94. The van der Waals surface area contributed by atoms with Gasteiger partial charge >= 0.3 is 0 Å². The van der Waals surface area contributed by atoms with Gasteiger partial charge in [-0.15, -0.1) is 0 Å². The van der Waals surface area contributed by atoms with E-state index in [1.54, 1.807) is 24.1 Å². The molecule has 6 nitrogen and oxygen atoms in total. The first-order valence-electron chi connectivity index (χ1n) is 9.14. The molecule has 0 aliphatic rings. The average molecular weight is 428 g/mol. The summed E-state index contributed by atoms with van der Waals surface area (Å²) >= 11 is 6.05. The van der Waals surface area contributed by atoms with E-state index in [-0.39, 0.29) is 12.4 Å². The van der Waals surface area contributed by atoms with E-state index in [4.69, 9.17) is 25.8 Å². The molecule has 0 bridgehead atoms. The maximum absolute atomic E-state index is 14.9. The largest absolute Gasteiger partial charge is 0.497 e. The Hall–Kier alpha value is -3.32. The molecule has 0 unspecified atom stereocenters. The first kappa shape index (κ1) is 20.0. The van der Waals surface area contributed by atoms with E-state index >= 15 is 0 Å². The van der Waals surface area contributed by atoms with Crippen LogP contribution >= 0.6 is 11.6 Å². The van der Waals surface area contributed by atoms with Crippen LogP contribution in [0.2, 0.25) is 5.15 Å². The summed E-state index contributed by atoms with van der Waals surface area (Å²) in [6.07, 6.45) is 1.64. The summed E-state index contributed by atoms with van der Waals surface area (Å²) in [4.78, 5) is 4.09. The molecule has 2 heterocycles. The highest BCUT2D eigenvalue weighted by molar-refractivity contribution is 6.30. The van der Waals surface area contributed by atoms with Crippen LogP contribution in [0.15, 0.2) is 48.7 Å². The second-order valence-corrected chi connectivity index (χ2v) is 7.00. The van der Waals surface area contributed by atoms with Crippen molar-refractivity contribution in [2.24, 2.45) is 0 Å². The third-order valence-electron chi connectivity index (χ3n) is 4.73. The minimum Gasteiger partial charge on any atom is -0.497 e. The fourth-order valence-corrected chi connectivity index (χ4v) is 3.31. The predicted octanol–water partition coefficient (Wildman–Crippen LogP) is 5.12. The second-order valence-electron chi connectivity index (χ2n) is 6.61. The van der Waals surface area contributed by atoms with Crippen molar-refractivity contribution in [2.75, 3.05) is 14.2 Å². The van der Waals surface area contributed by atoms with Crippen molar-refractivity contribution in [3.63, 3.8) is 0 Å². The van der Waals surface area contributed by atoms with Crippen LogP contribution in [-0.4, -0.2) is 29.0 Å². The smallest absolute Gasteiger partial charge is 0.167 e. The summed E-state index contributed by atoms with van der Waals surface area (Å²) in [5, 5.41) is 5.65. The minimum atomic E-state index is -0.527. The fraction of sp³-hybridized carbons (Fsp3) is 0.182. The predicted molar refractivity (Wildman–Crippen MR) is 112 cm³/mol. The van der Waals surface area contributed by atoms with Gasteiger partial charge in [-0.2, -0.15) is 5.10 Å². The number of aromatic nitrogens is 3. The van der Waals surface area contributed by atoms with Gasteiger partial charge in [-0.3, -0.25) is 0 Å². The van der Waals surface area contributed by atoms with Crippen LogP contribution in [-0.2, 0) is 6.61 Å². The van der Waals surface area contributed by atoms with Crippen LogP contribution in [0.25, 0.3) is 16.6 Å². The van der Waals surface area contributed by atoms with E-state index in [1.165, 1.54) is 19.2 Å². The average Bonchev–Trinajstić information content (AvgIpc) is 3.08. The molecule has 0 spiro atoms. The Labute approximate surface area is 177 Å². The normalized spacial score (nSPS) is 11.0. The molecule has 0 fully saturated rings. The lowest BCUT2D eigenvalue weighted by Gasteiger charge is -2.14.